The lowest BCUT2D eigenvalue weighted by atomic mass is 9.62. The van der Waals surface area contributed by atoms with Gasteiger partial charge in [0.05, 0.1) is 6.10 Å². The van der Waals surface area contributed by atoms with E-state index in [1.807, 2.05) is 6.92 Å². The molecule has 5 atom stereocenters. The number of carbonyl (C=O) groups is 1. The Kier molecular flexibility index (Phi) is 2.89. The quantitative estimate of drug-likeness (QED) is 0.711. The molecular weight excluding hydrogens is 188 g/mol. The smallest absolute Gasteiger partial charge is 0.123 e. The Balaban J connectivity index is 2.20. The molecule has 2 aliphatic rings. The first-order chi connectivity index (χ1) is 7.09. The standard InChI is InChI=1S/C13H22O2/c1-9(8-14)10-5-6-11-12(15)4-3-7-13(10,11)2/h8-12,15H,3-7H2,1-2H3/t9-,10-,11+,12+,13+/m1/s1. The fourth-order valence-corrected chi connectivity index (χ4v) is 4.15. The molecule has 2 fully saturated rings. The van der Waals surface area contributed by atoms with E-state index in [0.717, 1.165) is 32.0 Å². The number of aliphatic hydroxyl groups excluding tert-OH is 1. The van der Waals surface area contributed by atoms with E-state index in [1.54, 1.807) is 0 Å². The zero-order chi connectivity index (χ0) is 11.1. The summed E-state index contributed by atoms with van der Waals surface area (Å²) in [6.45, 7) is 4.32. The summed E-state index contributed by atoms with van der Waals surface area (Å²) in [6, 6.07) is 0. The molecule has 2 saturated carbocycles. The molecule has 1 N–H and O–H groups in total. The molecule has 0 aliphatic heterocycles. The molecule has 0 heterocycles. The van der Waals surface area contributed by atoms with Crippen LogP contribution >= 0.6 is 0 Å². The molecule has 2 aliphatic carbocycles. The van der Waals surface area contributed by atoms with Crippen molar-refractivity contribution in [3.05, 3.63) is 0 Å². The Hall–Kier alpha value is -0.370. The molecule has 86 valence electrons. The molecule has 0 amide bonds. The van der Waals surface area contributed by atoms with E-state index in [9.17, 15) is 9.90 Å². The lowest BCUT2D eigenvalue weighted by Gasteiger charge is -2.44. The molecule has 0 bridgehead atoms. The van der Waals surface area contributed by atoms with Crippen molar-refractivity contribution in [3.8, 4) is 0 Å². The Morgan fingerprint density at radius 3 is 2.80 bits per heavy atom. The van der Waals surface area contributed by atoms with Crippen LogP contribution in [0.15, 0.2) is 0 Å². The van der Waals surface area contributed by atoms with Crippen molar-refractivity contribution in [3.63, 3.8) is 0 Å². The van der Waals surface area contributed by atoms with Crippen LogP contribution in [0.1, 0.15) is 46.0 Å². The van der Waals surface area contributed by atoms with Gasteiger partial charge < -0.3 is 9.90 Å². The van der Waals surface area contributed by atoms with E-state index in [1.165, 1.54) is 6.42 Å². The summed E-state index contributed by atoms with van der Waals surface area (Å²) < 4.78 is 0. The van der Waals surface area contributed by atoms with Gasteiger partial charge in [-0.25, -0.2) is 0 Å². The van der Waals surface area contributed by atoms with E-state index in [0.29, 0.717) is 11.8 Å². The molecule has 0 aromatic heterocycles. The zero-order valence-electron chi connectivity index (χ0n) is 9.78. The van der Waals surface area contributed by atoms with Crippen LogP contribution in [0.5, 0.6) is 0 Å². The van der Waals surface area contributed by atoms with Crippen molar-refractivity contribution >= 4 is 6.29 Å². The van der Waals surface area contributed by atoms with Gasteiger partial charge in [0.2, 0.25) is 0 Å². The fourth-order valence-electron chi connectivity index (χ4n) is 4.15. The van der Waals surface area contributed by atoms with Crippen LogP contribution in [-0.4, -0.2) is 17.5 Å². The van der Waals surface area contributed by atoms with Crippen molar-refractivity contribution in [2.24, 2.45) is 23.2 Å². The first kappa shape index (κ1) is 11.1. The minimum absolute atomic E-state index is 0.118. The molecule has 2 heteroatoms. The van der Waals surface area contributed by atoms with Gasteiger partial charge in [-0.15, -0.1) is 0 Å². The third-order valence-corrected chi connectivity index (χ3v) is 5.01. The Morgan fingerprint density at radius 2 is 2.13 bits per heavy atom. The minimum Gasteiger partial charge on any atom is -0.393 e. The van der Waals surface area contributed by atoms with Crippen molar-refractivity contribution < 1.29 is 9.90 Å². The van der Waals surface area contributed by atoms with Crippen molar-refractivity contribution in [1.82, 2.24) is 0 Å². The van der Waals surface area contributed by atoms with E-state index >= 15 is 0 Å². The Labute approximate surface area is 92.1 Å². The summed E-state index contributed by atoms with van der Waals surface area (Å²) in [5, 5.41) is 10.0. The Morgan fingerprint density at radius 1 is 1.40 bits per heavy atom. The highest BCUT2D eigenvalue weighted by atomic mass is 16.3. The summed E-state index contributed by atoms with van der Waals surface area (Å²) >= 11 is 0. The molecule has 0 unspecified atom stereocenters. The summed E-state index contributed by atoms with van der Waals surface area (Å²) in [4.78, 5) is 10.9. The van der Waals surface area contributed by atoms with Gasteiger partial charge in [0.1, 0.15) is 6.29 Å². The van der Waals surface area contributed by atoms with Crippen LogP contribution < -0.4 is 0 Å². The number of hydrogen-bond donors (Lipinski definition) is 1. The second kappa shape index (κ2) is 3.89. The van der Waals surface area contributed by atoms with E-state index < -0.39 is 0 Å². The average molecular weight is 210 g/mol. The van der Waals surface area contributed by atoms with Crippen LogP contribution in [0.2, 0.25) is 0 Å². The highest BCUT2D eigenvalue weighted by Gasteiger charge is 2.52. The average Bonchev–Trinajstić information content (AvgIpc) is 2.56. The number of hydrogen-bond acceptors (Lipinski definition) is 2. The monoisotopic (exact) mass is 210 g/mol. The van der Waals surface area contributed by atoms with Gasteiger partial charge in [0, 0.05) is 5.92 Å². The van der Waals surface area contributed by atoms with Gasteiger partial charge in [0.25, 0.3) is 0 Å². The zero-order valence-corrected chi connectivity index (χ0v) is 9.78. The predicted octanol–water partition coefficient (Wildman–Crippen LogP) is 2.40. The molecule has 15 heavy (non-hydrogen) atoms. The normalized spacial score (nSPS) is 47.3. The Bertz CT molecular complexity index is 251. The van der Waals surface area contributed by atoms with Gasteiger partial charge in [-0.2, -0.15) is 0 Å². The molecule has 0 aromatic carbocycles. The second-order valence-corrected chi connectivity index (χ2v) is 5.75. The summed E-state index contributed by atoms with van der Waals surface area (Å²) in [5.74, 6) is 1.10. The first-order valence-corrected chi connectivity index (χ1v) is 6.23. The number of fused-ring (bicyclic) bond motifs is 1. The van der Waals surface area contributed by atoms with Crippen LogP contribution in [-0.2, 0) is 4.79 Å². The second-order valence-electron chi connectivity index (χ2n) is 5.75. The molecule has 0 saturated heterocycles. The summed E-state index contributed by atoms with van der Waals surface area (Å²) in [5.41, 5.74) is 0.220. The van der Waals surface area contributed by atoms with Crippen LogP contribution in [0, 0.1) is 23.2 Å². The van der Waals surface area contributed by atoms with E-state index in [2.05, 4.69) is 6.92 Å². The maximum absolute atomic E-state index is 10.9. The third-order valence-electron chi connectivity index (χ3n) is 5.01. The lowest BCUT2D eigenvalue weighted by Crippen LogP contribution is -2.41. The highest BCUT2D eigenvalue weighted by Crippen LogP contribution is 2.57. The summed E-state index contributed by atoms with van der Waals surface area (Å²) in [7, 11) is 0. The van der Waals surface area contributed by atoms with E-state index in [4.69, 9.17) is 0 Å². The maximum atomic E-state index is 10.9. The molecule has 2 nitrogen and oxygen atoms in total. The van der Waals surface area contributed by atoms with Crippen LogP contribution in [0.25, 0.3) is 0 Å². The van der Waals surface area contributed by atoms with Gasteiger partial charge in [-0.05, 0) is 42.9 Å². The van der Waals surface area contributed by atoms with Crippen LogP contribution in [0.3, 0.4) is 0 Å². The SMILES string of the molecule is C[C@H](C=O)[C@H]1CC[C@H]2[C@@H](O)CCC[C@@]12C. The van der Waals surface area contributed by atoms with Crippen LogP contribution in [0.4, 0.5) is 0 Å². The lowest BCUT2D eigenvalue weighted by molar-refractivity contribution is -0.114. The molecule has 0 aromatic rings. The maximum Gasteiger partial charge on any atom is 0.123 e. The molecular formula is C13H22O2. The number of aldehydes is 1. The highest BCUT2D eigenvalue weighted by molar-refractivity contribution is 5.53. The van der Waals surface area contributed by atoms with Crippen molar-refractivity contribution in [1.29, 1.82) is 0 Å². The van der Waals surface area contributed by atoms with Gasteiger partial charge >= 0.3 is 0 Å². The fraction of sp³-hybridized carbons (Fsp3) is 0.923. The van der Waals surface area contributed by atoms with Gasteiger partial charge in [0.15, 0.2) is 0 Å². The molecule has 0 radical (unpaired) electrons. The molecule has 2 rings (SSSR count). The first-order valence-electron chi connectivity index (χ1n) is 6.23. The minimum atomic E-state index is -0.118. The van der Waals surface area contributed by atoms with Gasteiger partial charge in [-0.3, -0.25) is 0 Å². The predicted molar refractivity (Wildman–Crippen MR) is 59.4 cm³/mol. The van der Waals surface area contributed by atoms with E-state index in [-0.39, 0.29) is 17.4 Å². The topological polar surface area (TPSA) is 37.3 Å². The van der Waals surface area contributed by atoms with Crippen molar-refractivity contribution in [2.75, 3.05) is 0 Å². The third kappa shape index (κ3) is 1.63. The van der Waals surface area contributed by atoms with Gasteiger partial charge in [-0.1, -0.05) is 20.3 Å². The largest absolute Gasteiger partial charge is 0.393 e. The molecule has 0 spiro atoms. The van der Waals surface area contributed by atoms with Crippen molar-refractivity contribution in [2.45, 2.75) is 52.1 Å². The number of carbonyl (C=O) groups excluding carboxylic acids is 1. The summed E-state index contributed by atoms with van der Waals surface area (Å²) in [6.07, 6.45) is 6.49. The number of aliphatic hydroxyl groups is 1. The number of rotatable bonds is 2.